The molecule has 0 amide bonds. The summed E-state index contributed by atoms with van der Waals surface area (Å²) >= 11 is 0.715. The van der Waals surface area contributed by atoms with Gasteiger partial charge in [-0.3, -0.25) is 0 Å². The third-order valence-corrected chi connectivity index (χ3v) is 7.91. The molecule has 1 aliphatic carbocycles. The van der Waals surface area contributed by atoms with Crippen LogP contribution < -0.4 is 15.4 Å². The van der Waals surface area contributed by atoms with E-state index in [1.54, 1.807) is 11.0 Å². The second kappa shape index (κ2) is 7.39. The molecule has 0 atom stereocenters. The van der Waals surface area contributed by atoms with Crippen LogP contribution in [-0.2, 0) is 6.18 Å². The number of thiophene rings is 1. The Bertz CT molecular complexity index is 1630. The molecule has 0 radical (unpaired) electrons. The number of nitriles is 1. The number of ether oxygens (including phenoxy) is 1. The molecule has 0 bridgehead atoms. The number of alkyl halides is 3. The van der Waals surface area contributed by atoms with Crippen molar-refractivity contribution in [3.8, 4) is 23.2 Å². The predicted octanol–water partition coefficient (Wildman–Crippen LogP) is 5.87. The van der Waals surface area contributed by atoms with Gasteiger partial charge in [-0.25, -0.2) is 8.78 Å². The number of anilines is 2. The molecule has 184 valence electrons. The van der Waals surface area contributed by atoms with Crippen LogP contribution in [-0.4, -0.2) is 30.2 Å². The summed E-state index contributed by atoms with van der Waals surface area (Å²) in [5.74, 6) is -1.89. The maximum absolute atomic E-state index is 16.2. The Morgan fingerprint density at radius 3 is 2.53 bits per heavy atom. The molecule has 1 saturated carbocycles. The highest BCUT2D eigenvalue weighted by Gasteiger charge is 2.53. The highest BCUT2D eigenvalue weighted by Crippen LogP contribution is 2.55. The predicted molar refractivity (Wildman–Crippen MR) is 125 cm³/mol. The summed E-state index contributed by atoms with van der Waals surface area (Å²) in [6.45, 7) is 1.20. The average molecular weight is 517 g/mol. The molecule has 2 fully saturated rings. The molecule has 2 N–H and O–H groups in total. The Morgan fingerprint density at radius 1 is 1.19 bits per heavy atom. The lowest BCUT2D eigenvalue weighted by atomic mass is 9.91. The van der Waals surface area contributed by atoms with E-state index in [0.29, 0.717) is 24.4 Å². The standard InChI is InChI=1S/C24H16F5N5OS/c1-35-22-32-18-11(21(33-22)34-8-23(9-34)4-5-23)6-13(24(27,28)29)16(17(18)26)10-2-3-14(25)19-15(10)12(7-30)20(31)36-19/h2-3,6H,4-5,8-9,31H2,1H3. The summed E-state index contributed by atoms with van der Waals surface area (Å²) in [5.41, 5.74) is 2.98. The van der Waals surface area contributed by atoms with Crippen LogP contribution in [0.1, 0.15) is 24.0 Å². The van der Waals surface area contributed by atoms with Crippen molar-refractivity contribution in [2.75, 3.05) is 30.8 Å². The number of hydrogen-bond donors (Lipinski definition) is 1. The molecule has 2 aliphatic rings. The first kappa shape index (κ1) is 22.7. The summed E-state index contributed by atoms with van der Waals surface area (Å²) < 4.78 is 79.0. The zero-order valence-electron chi connectivity index (χ0n) is 18.6. The summed E-state index contributed by atoms with van der Waals surface area (Å²) in [6, 6.07) is 4.38. The number of fused-ring (bicyclic) bond motifs is 2. The molecule has 36 heavy (non-hydrogen) atoms. The molecule has 2 aromatic carbocycles. The normalized spacial score (nSPS) is 16.4. The molecule has 0 unspecified atom stereocenters. The van der Waals surface area contributed by atoms with Gasteiger partial charge < -0.3 is 15.4 Å². The van der Waals surface area contributed by atoms with Crippen molar-refractivity contribution in [1.82, 2.24) is 9.97 Å². The molecule has 1 spiro atoms. The van der Waals surface area contributed by atoms with Crippen LogP contribution in [0.5, 0.6) is 6.01 Å². The summed E-state index contributed by atoms with van der Waals surface area (Å²) in [5, 5.41) is 9.22. The van der Waals surface area contributed by atoms with E-state index in [4.69, 9.17) is 10.5 Å². The van der Waals surface area contributed by atoms with Gasteiger partial charge in [0.15, 0.2) is 5.82 Å². The van der Waals surface area contributed by atoms with Crippen molar-refractivity contribution in [1.29, 1.82) is 5.26 Å². The summed E-state index contributed by atoms with van der Waals surface area (Å²) in [6.07, 6.45) is -2.92. The summed E-state index contributed by atoms with van der Waals surface area (Å²) in [7, 11) is 1.28. The van der Waals surface area contributed by atoms with Crippen LogP contribution >= 0.6 is 11.3 Å². The van der Waals surface area contributed by atoms with Crippen LogP contribution in [0, 0.1) is 28.4 Å². The molecule has 3 heterocycles. The Morgan fingerprint density at radius 2 is 1.92 bits per heavy atom. The number of hydrogen-bond acceptors (Lipinski definition) is 7. The van der Waals surface area contributed by atoms with Crippen molar-refractivity contribution < 1.29 is 26.7 Å². The second-order valence-corrected chi connectivity index (χ2v) is 10.2. The fourth-order valence-corrected chi connectivity index (χ4v) is 5.87. The highest BCUT2D eigenvalue weighted by molar-refractivity contribution is 7.23. The first-order chi connectivity index (χ1) is 17.1. The number of aromatic nitrogens is 2. The van der Waals surface area contributed by atoms with Crippen molar-refractivity contribution in [2.24, 2.45) is 5.41 Å². The number of nitrogens with two attached hydrogens (primary N) is 1. The van der Waals surface area contributed by atoms with Crippen molar-refractivity contribution in [3.63, 3.8) is 0 Å². The number of benzene rings is 2. The van der Waals surface area contributed by atoms with E-state index in [2.05, 4.69) is 9.97 Å². The fourth-order valence-electron chi connectivity index (χ4n) is 4.93. The number of rotatable bonds is 3. The third-order valence-electron chi connectivity index (χ3n) is 6.89. The van der Waals surface area contributed by atoms with E-state index in [0.717, 1.165) is 31.0 Å². The monoisotopic (exact) mass is 517 g/mol. The maximum Gasteiger partial charge on any atom is 0.417 e. The minimum Gasteiger partial charge on any atom is -0.467 e. The van der Waals surface area contributed by atoms with E-state index in [1.807, 2.05) is 0 Å². The SMILES string of the molecule is COc1nc(N2CC3(CC3)C2)c2cc(C(F)(F)F)c(-c3ccc(F)c4sc(N)c(C#N)c34)c(F)c2n1. The van der Waals surface area contributed by atoms with Crippen LogP contribution in [0.25, 0.3) is 32.1 Å². The summed E-state index contributed by atoms with van der Waals surface area (Å²) in [4.78, 5) is 10.1. The van der Waals surface area contributed by atoms with Crippen LogP contribution in [0.3, 0.4) is 0 Å². The lowest BCUT2D eigenvalue weighted by Gasteiger charge is -2.41. The van der Waals surface area contributed by atoms with Gasteiger partial charge in [-0.2, -0.15) is 28.4 Å². The van der Waals surface area contributed by atoms with Gasteiger partial charge in [0.05, 0.1) is 22.9 Å². The number of nitrogen functional groups attached to an aromatic ring is 1. The minimum atomic E-state index is -4.98. The van der Waals surface area contributed by atoms with E-state index in [-0.39, 0.29) is 54.4 Å². The Labute approximate surface area is 204 Å². The van der Waals surface area contributed by atoms with Crippen LogP contribution in [0.15, 0.2) is 18.2 Å². The molecule has 1 saturated heterocycles. The minimum absolute atomic E-state index is 0.0772. The van der Waals surface area contributed by atoms with Gasteiger partial charge >= 0.3 is 12.2 Å². The van der Waals surface area contributed by atoms with Gasteiger partial charge in [0.2, 0.25) is 0 Å². The molecule has 2 aromatic heterocycles. The van der Waals surface area contributed by atoms with E-state index in [1.165, 1.54) is 7.11 Å². The van der Waals surface area contributed by atoms with E-state index >= 15 is 4.39 Å². The zero-order chi connectivity index (χ0) is 25.6. The van der Waals surface area contributed by atoms with Crippen LogP contribution in [0.4, 0.5) is 32.8 Å². The average Bonchev–Trinajstić information content (AvgIpc) is 3.54. The first-order valence-corrected chi connectivity index (χ1v) is 11.7. The van der Waals surface area contributed by atoms with E-state index < -0.39 is 28.9 Å². The topological polar surface area (TPSA) is 88.1 Å². The largest absolute Gasteiger partial charge is 0.467 e. The van der Waals surface area contributed by atoms with Crippen molar-refractivity contribution in [2.45, 2.75) is 19.0 Å². The quantitative estimate of drug-likeness (QED) is 0.342. The molecule has 6 rings (SSSR count). The zero-order valence-corrected chi connectivity index (χ0v) is 19.4. The number of methoxy groups -OCH3 is 1. The number of halogens is 5. The molecule has 4 aromatic rings. The van der Waals surface area contributed by atoms with Gasteiger partial charge in [0.1, 0.15) is 28.2 Å². The van der Waals surface area contributed by atoms with Crippen molar-refractivity contribution >= 4 is 43.1 Å². The second-order valence-electron chi connectivity index (χ2n) is 9.15. The lowest BCUT2D eigenvalue weighted by molar-refractivity contribution is -0.137. The Hall–Kier alpha value is -3.72. The Kier molecular flexibility index (Phi) is 4.67. The van der Waals surface area contributed by atoms with Crippen molar-refractivity contribution in [3.05, 3.63) is 41.0 Å². The smallest absolute Gasteiger partial charge is 0.417 e. The lowest BCUT2D eigenvalue weighted by Crippen LogP contribution is -2.49. The third kappa shape index (κ3) is 3.19. The van der Waals surface area contributed by atoms with Gasteiger partial charge in [-0.1, -0.05) is 6.07 Å². The molecular weight excluding hydrogens is 501 g/mol. The highest BCUT2D eigenvalue weighted by atomic mass is 32.1. The van der Waals surface area contributed by atoms with Gasteiger partial charge in [0.25, 0.3) is 0 Å². The molecule has 12 heteroatoms. The fraction of sp³-hybridized carbons (Fsp3) is 0.292. The van der Waals surface area contributed by atoms with Gasteiger partial charge in [-0.15, -0.1) is 11.3 Å². The first-order valence-electron chi connectivity index (χ1n) is 10.9. The number of nitrogens with zero attached hydrogens (tertiary/aromatic N) is 4. The Balaban J connectivity index is 1.70. The molecule has 6 nitrogen and oxygen atoms in total. The molecule has 1 aliphatic heterocycles. The van der Waals surface area contributed by atoms with Gasteiger partial charge in [-0.05, 0) is 30.5 Å². The maximum atomic E-state index is 16.2. The van der Waals surface area contributed by atoms with Gasteiger partial charge in [0, 0.05) is 34.8 Å². The van der Waals surface area contributed by atoms with Crippen LogP contribution in [0.2, 0.25) is 0 Å². The van der Waals surface area contributed by atoms with E-state index in [9.17, 15) is 22.8 Å². The molecular formula is C24H16F5N5OS.